The Morgan fingerprint density at radius 2 is 1.62 bits per heavy atom. The molecule has 3 aromatic rings. The molecule has 3 nitrogen and oxygen atoms in total. The van der Waals surface area contributed by atoms with Gasteiger partial charge in [-0.15, -0.1) is 11.8 Å². The quantitative estimate of drug-likeness (QED) is 0.414. The lowest BCUT2D eigenvalue weighted by Gasteiger charge is -2.10. The van der Waals surface area contributed by atoms with Crippen LogP contribution in [-0.4, -0.2) is 23.3 Å². The van der Waals surface area contributed by atoms with E-state index in [0.29, 0.717) is 12.4 Å². The summed E-state index contributed by atoms with van der Waals surface area (Å²) in [7, 11) is 0. The number of nitrogens with zero attached hydrogens (tertiary/aromatic N) is 1. The maximum absolute atomic E-state index is 11.6. The van der Waals surface area contributed by atoms with Gasteiger partial charge in [-0.25, -0.2) is 4.98 Å². The molecule has 21 heavy (non-hydrogen) atoms. The Morgan fingerprint density at radius 3 is 2.19 bits per heavy atom. The highest BCUT2D eigenvalue weighted by Crippen LogP contribution is 2.33. The third kappa shape index (κ3) is 2.85. The fourth-order valence-electron chi connectivity index (χ4n) is 2.29. The molecule has 0 bridgehead atoms. The lowest BCUT2D eigenvalue weighted by molar-refractivity contribution is -0.139. The number of rotatable bonds is 4. The van der Waals surface area contributed by atoms with Crippen molar-refractivity contribution in [3.05, 3.63) is 48.5 Å². The van der Waals surface area contributed by atoms with E-state index in [9.17, 15) is 4.79 Å². The van der Waals surface area contributed by atoms with Crippen molar-refractivity contribution in [2.75, 3.05) is 12.4 Å². The molecule has 0 saturated heterocycles. The molecule has 0 aliphatic carbocycles. The largest absolute Gasteiger partial charge is 0.465 e. The van der Waals surface area contributed by atoms with E-state index in [1.54, 1.807) is 0 Å². The van der Waals surface area contributed by atoms with Crippen LogP contribution in [0.5, 0.6) is 0 Å². The number of thioether (sulfide) groups is 1. The molecular weight excluding hydrogens is 282 g/mol. The maximum atomic E-state index is 11.6. The number of fused-ring (bicyclic) bond motifs is 2. The number of ether oxygens (including phenoxy) is 1. The van der Waals surface area contributed by atoms with Crippen molar-refractivity contribution in [1.29, 1.82) is 0 Å². The van der Waals surface area contributed by atoms with Crippen molar-refractivity contribution in [1.82, 2.24) is 4.98 Å². The van der Waals surface area contributed by atoms with Crippen LogP contribution in [0.3, 0.4) is 0 Å². The van der Waals surface area contributed by atoms with Gasteiger partial charge in [0.15, 0.2) is 0 Å². The molecule has 0 amide bonds. The minimum atomic E-state index is -0.188. The molecule has 0 unspecified atom stereocenters. The van der Waals surface area contributed by atoms with Crippen molar-refractivity contribution in [2.24, 2.45) is 0 Å². The van der Waals surface area contributed by atoms with E-state index in [1.165, 1.54) is 11.8 Å². The molecular formula is C17H15NO2S. The molecule has 106 valence electrons. The highest BCUT2D eigenvalue weighted by Gasteiger charge is 2.11. The van der Waals surface area contributed by atoms with E-state index in [0.717, 1.165) is 26.7 Å². The number of esters is 1. The molecule has 0 aliphatic heterocycles. The van der Waals surface area contributed by atoms with E-state index in [-0.39, 0.29) is 5.97 Å². The van der Waals surface area contributed by atoms with Gasteiger partial charge in [0.1, 0.15) is 0 Å². The second-order valence-electron chi connectivity index (χ2n) is 4.57. The normalized spacial score (nSPS) is 10.9. The predicted octanol–water partition coefficient (Wildman–Crippen LogP) is 4.04. The Hall–Kier alpha value is -2.07. The Bertz CT molecular complexity index is 747. The molecule has 4 heteroatoms. The number of para-hydroxylation sites is 2. The zero-order valence-corrected chi connectivity index (χ0v) is 12.5. The molecule has 1 heterocycles. The van der Waals surface area contributed by atoms with Crippen molar-refractivity contribution in [3.63, 3.8) is 0 Å². The van der Waals surface area contributed by atoms with Gasteiger partial charge in [0.25, 0.3) is 0 Å². The minimum Gasteiger partial charge on any atom is -0.465 e. The van der Waals surface area contributed by atoms with E-state index < -0.39 is 0 Å². The first kappa shape index (κ1) is 13.9. The SMILES string of the molecule is CCOC(=O)CSc1c2ccccc2nc2ccccc12. The topological polar surface area (TPSA) is 39.2 Å². The Balaban J connectivity index is 2.09. The predicted molar refractivity (Wildman–Crippen MR) is 86.6 cm³/mol. The van der Waals surface area contributed by atoms with Gasteiger partial charge in [-0.1, -0.05) is 36.4 Å². The second kappa shape index (κ2) is 6.14. The molecule has 0 fully saturated rings. The Kier molecular flexibility index (Phi) is 4.06. The fraction of sp³-hybridized carbons (Fsp3) is 0.176. The number of carbonyl (C=O) groups is 1. The summed E-state index contributed by atoms with van der Waals surface area (Å²) >= 11 is 1.51. The second-order valence-corrected chi connectivity index (χ2v) is 5.55. The van der Waals surface area contributed by atoms with Gasteiger partial charge in [0, 0.05) is 15.7 Å². The first-order valence-corrected chi connectivity index (χ1v) is 7.84. The average molecular weight is 297 g/mol. The molecule has 0 saturated carbocycles. The Morgan fingerprint density at radius 1 is 1.05 bits per heavy atom. The van der Waals surface area contributed by atoms with Gasteiger partial charge in [-0.05, 0) is 19.1 Å². The summed E-state index contributed by atoms with van der Waals surface area (Å²) in [5.74, 6) is 0.124. The molecule has 3 rings (SSSR count). The van der Waals surface area contributed by atoms with E-state index >= 15 is 0 Å². The number of carbonyl (C=O) groups excluding carboxylic acids is 1. The number of benzene rings is 2. The first-order valence-electron chi connectivity index (χ1n) is 6.85. The van der Waals surface area contributed by atoms with E-state index in [2.05, 4.69) is 4.98 Å². The number of aromatic nitrogens is 1. The summed E-state index contributed by atoms with van der Waals surface area (Å²) in [4.78, 5) is 17.4. The zero-order chi connectivity index (χ0) is 14.7. The smallest absolute Gasteiger partial charge is 0.316 e. The standard InChI is InChI=1S/C17H15NO2S/c1-2-20-16(19)11-21-17-12-7-3-5-9-14(12)18-15-10-6-4-8-13(15)17/h3-10H,2,11H2,1H3. The molecule has 1 aromatic heterocycles. The maximum Gasteiger partial charge on any atom is 0.316 e. The van der Waals surface area contributed by atoms with Crippen LogP contribution in [0.1, 0.15) is 6.92 Å². The Labute approximate surface area is 127 Å². The monoisotopic (exact) mass is 297 g/mol. The molecule has 0 radical (unpaired) electrons. The average Bonchev–Trinajstić information content (AvgIpc) is 2.51. The van der Waals surface area contributed by atoms with Crippen molar-refractivity contribution < 1.29 is 9.53 Å². The lowest BCUT2D eigenvalue weighted by Crippen LogP contribution is -2.06. The molecule has 0 spiro atoms. The number of hydrogen-bond donors (Lipinski definition) is 0. The van der Waals surface area contributed by atoms with Crippen LogP contribution in [0.2, 0.25) is 0 Å². The van der Waals surface area contributed by atoms with Gasteiger partial charge in [-0.2, -0.15) is 0 Å². The molecule has 0 atom stereocenters. The zero-order valence-electron chi connectivity index (χ0n) is 11.7. The number of hydrogen-bond acceptors (Lipinski definition) is 4. The lowest BCUT2D eigenvalue weighted by atomic mass is 10.1. The van der Waals surface area contributed by atoms with Gasteiger partial charge < -0.3 is 4.74 Å². The van der Waals surface area contributed by atoms with Gasteiger partial charge in [0.2, 0.25) is 0 Å². The van der Waals surface area contributed by atoms with Gasteiger partial charge >= 0.3 is 5.97 Å². The van der Waals surface area contributed by atoms with Crippen molar-refractivity contribution >= 4 is 39.5 Å². The molecule has 0 aliphatic rings. The highest BCUT2D eigenvalue weighted by atomic mass is 32.2. The highest BCUT2D eigenvalue weighted by molar-refractivity contribution is 8.00. The van der Waals surface area contributed by atoms with Crippen LogP contribution in [0.25, 0.3) is 21.8 Å². The van der Waals surface area contributed by atoms with E-state index in [4.69, 9.17) is 4.74 Å². The van der Waals surface area contributed by atoms with Gasteiger partial charge in [0.05, 0.1) is 23.4 Å². The summed E-state index contributed by atoms with van der Waals surface area (Å²) in [5, 5.41) is 2.15. The van der Waals surface area contributed by atoms with Crippen LogP contribution in [0.15, 0.2) is 53.4 Å². The summed E-state index contributed by atoms with van der Waals surface area (Å²) in [6.07, 6.45) is 0. The van der Waals surface area contributed by atoms with Gasteiger partial charge in [-0.3, -0.25) is 4.79 Å². The molecule has 0 N–H and O–H groups in total. The third-order valence-electron chi connectivity index (χ3n) is 3.18. The van der Waals surface area contributed by atoms with Crippen LogP contribution < -0.4 is 0 Å². The summed E-state index contributed by atoms with van der Waals surface area (Å²) in [5.41, 5.74) is 1.89. The minimum absolute atomic E-state index is 0.188. The van der Waals surface area contributed by atoms with Crippen molar-refractivity contribution in [2.45, 2.75) is 11.8 Å². The summed E-state index contributed by atoms with van der Waals surface area (Å²) in [6, 6.07) is 16.0. The van der Waals surface area contributed by atoms with Crippen LogP contribution in [-0.2, 0) is 9.53 Å². The van der Waals surface area contributed by atoms with Crippen LogP contribution >= 0.6 is 11.8 Å². The van der Waals surface area contributed by atoms with Crippen LogP contribution in [0, 0.1) is 0 Å². The van der Waals surface area contributed by atoms with Crippen molar-refractivity contribution in [3.8, 4) is 0 Å². The van der Waals surface area contributed by atoms with E-state index in [1.807, 2.05) is 55.5 Å². The first-order chi connectivity index (χ1) is 10.3. The number of pyridine rings is 1. The summed E-state index contributed by atoms with van der Waals surface area (Å²) < 4.78 is 5.01. The summed E-state index contributed by atoms with van der Waals surface area (Å²) in [6.45, 7) is 2.23. The third-order valence-corrected chi connectivity index (χ3v) is 4.29. The van der Waals surface area contributed by atoms with Crippen LogP contribution in [0.4, 0.5) is 0 Å². The fourth-order valence-corrected chi connectivity index (χ4v) is 3.29. The molecule has 2 aromatic carbocycles.